The van der Waals surface area contributed by atoms with Gasteiger partial charge in [-0.1, -0.05) is 193 Å². The molecule has 8 aromatic rings. The molecule has 0 aliphatic carbocycles. The Morgan fingerprint density at radius 2 is 1.11 bits per heavy atom. The van der Waals surface area contributed by atoms with Gasteiger partial charge in [-0.15, -0.1) is 11.3 Å². The third-order valence-corrected chi connectivity index (χ3v) is 24.6. The second-order valence-corrected chi connectivity index (χ2v) is 29.7. The lowest BCUT2D eigenvalue weighted by molar-refractivity contribution is 0.0600. The molecule has 0 bridgehead atoms. The molecule has 0 radical (unpaired) electrons. The third-order valence-electron chi connectivity index (χ3n) is 13.1. The SMILES string of the molecule is COC(=O)c1sc(-n2cnc3ccc(OC(CCO[Si](c4ccccc4)(c4ccccc4)C(C)(C)C)CCO[Si](c4ccccc4)(c4ccccc4)C(C)(C)C)cc32)cc1O[C@H](C)c1ccccc1Cl. The van der Waals surface area contributed by atoms with E-state index in [1.54, 1.807) is 6.33 Å². The van der Waals surface area contributed by atoms with Crippen LogP contribution >= 0.6 is 22.9 Å². The van der Waals surface area contributed by atoms with Crippen molar-refractivity contribution < 1.29 is 27.9 Å². The average Bonchev–Trinajstić information content (AvgIpc) is 3.98. The standard InChI is InChI=1S/C58H63ClN2O6SSi2/c1-42(49-31-21-22-32-50(49)59)66-53-40-54(68-55(53)56(62)63-8)61-41-60-51-34-33-44(39-52(51)61)67-43(35-37-64-69(57(2,3)4,45-23-13-9-14-24-45)46-25-15-10-16-26-46)36-38-65-70(58(5,6)7,47-27-17-11-18-28-47)48-29-19-12-20-30-48/h9-34,39-43H,35-38H2,1-8H3/t42-/m1/s1. The second kappa shape index (κ2) is 21.7. The van der Waals surface area contributed by atoms with Gasteiger partial charge in [0.05, 0.1) is 18.1 Å². The van der Waals surface area contributed by atoms with Crippen molar-refractivity contribution in [1.29, 1.82) is 0 Å². The van der Waals surface area contributed by atoms with Crippen LogP contribution in [0.1, 0.15) is 82.6 Å². The van der Waals surface area contributed by atoms with Crippen molar-refractivity contribution >= 4 is 77.3 Å². The van der Waals surface area contributed by atoms with Gasteiger partial charge in [-0.25, -0.2) is 9.78 Å². The van der Waals surface area contributed by atoms with Gasteiger partial charge in [0, 0.05) is 48.8 Å². The summed E-state index contributed by atoms with van der Waals surface area (Å²) in [6.45, 7) is 16.7. The van der Waals surface area contributed by atoms with Crippen LogP contribution in [0.25, 0.3) is 16.0 Å². The first-order valence-corrected chi connectivity index (χ1v) is 28.9. The minimum Gasteiger partial charge on any atom is -0.490 e. The maximum atomic E-state index is 13.2. The van der Waals surface area contributed by atoms with Crippen molar-refractivity contribution in [3.63, 3.8) is 0 Å². The molecule has 70 heavy (non-hydrogen) atoms. The fourth-order valence-corrected chi connectivity index (χ4v) is 20.2. The number of fused-ring (bicyclic) bond motifs is 1. The van der Waals surface area contributed by atoms with Gasteiger partial charge >= 0.3 is 5.97 Å². The Morgan fingerprint density at radius 1 is 0.643 bits per heavy atom. The highest BCUT2D eigenvalue weighted by Crippen LogP contribution is 2.40. The molecular formula is C58H63ClN2O6SSi2. The van der Waals surface area contributed by atoms with Gasteiger partial charge in [-0.05, 0) is 55.9 Å². The number of hydrogen-bond donors (Lipinski definition) is 0. The summed E-state index contributed by atoms with van der Waals surface area (Å²) in [5, 5.41) is 5.87. The fourth-order valence-electron chi connectivity index (χ4n) is 9.76. The van der Waals surface area contributed by atoms with Crippen LogP contribution < -0.4 is 30.2 Å². The van der Waals surface area contributed by atoms with Crippen molar-refractivity contribution in [3.8, 4) is 16.5 Å². The quantitative estimate of drug-likeness (QED) is 0.0590. The molecule has 0 amide bonds. The number of aromatic nitrogens is 2. The van der Waals surface area contributed by atoms with Gasteiger partial charge < -0.3 is 23.1 Å². The van der Waals surface area contributed by atoms with E-state index in [0.29, 0.717) is 47.5 Å². The molecule has 0 saturated heterocycles. The molecular weight excluding hydrogens is 944 g/mol. The summed E-state index contributed by atoms with van der Waals surface area (Å²) < 4.78 is 35.7. The predicted molar refractivity (Wildman–Crippen MR) is 292 cm³/mol. The number of carbonyl (C=O) groups excluding carboxylic acids is 1. The minimum absolute atomic E-state index is 0.186. The smallest absolute Gasteiger partial charge is 0.351 e. The van der Waals surface area contributed by atoms with Gasteiger partial charge in [0.2, 0.25) is 0 Å². The van der Waals surface area contributed by atoms with E-state index >= 15 is 0 Å². The van der Waals surface area contributed by atoms with Gasteiger partial charge in [-0.3, -0.25) is 4.57 Å². The van der Waals surface area contributed by atoms with Crippen LogP contribution in [0, 0.1) is 0 Å². The number of imidazole rings is 1. The molecule has 2 aromatic heterocycles. The first-order chi connectivity index (χ1) is 33.7. The number of hydrogen-bond acceptors (Lipinski definition) is 8. The summed E-state index contributed by atoms with van der Waals surface area (Å²) in [7, 11) is -4.31. The Morgan fingerprint density at radius 3 is 1.57 bits per heavy atom. The lowest BCUT2D eigenvalue weighted by Gasteiger charge is -2.43. The first kappa shape index (κ1) is 50.6. The van der Waals surface area contributed by atoms with E-state index in [1.807, 2.05) is 60.0 Å². The molecule has 0 aliphatic rings. The Labute approximate surface area is 424 Å². The van der Waals surface area contributed by atoms with E-state index in [2.05, 4.69) is 163 Å². The third kappa shape index (κ3) is 10.5. The molecule has 0 saturated carbocycles. The number of benzene rings is 6. The topological polar surface area (TPSA) is 81.0 Å². The highest BCUT2D eigenvalue weighted by molar-refractivity contribution is 7.16. The van der Waals surface area contributed by atoms with Crippen molar-refractivity contribution in [1.82, 2.24) is 9.55 Å². The molecule has 362 valence electrons. The molecule has 12 heteroatoms. The number of rotatable bonds is 19. The van der Waals surface area contributed by atoms with Crippen LogP contribution in [-0.2, 0) is 13.6 Å². The Bertz CT molecular complexity index is 2790. The molecule has 1 atom stereocenters. The molecule has 0 fully saturated rings. The summed E-state index contributed by atoms with van der Waals surface area (Å²) in [4.78, 5) is 18.3. The molecule has 0 spiro atoms. The van der Waals surface area contributed by atoms with Crippen LogP contribution in [0.5, 0.6) is 11.5 Å². The van der Waals surface area contributed by atoms with E-state index in [9.17, 15) is 4.79 Å². The highest BCUT2D eigenvalue weighted by atomic mass is 35.5. The van der Waals surface area contributed by atoms with Crippen LogP contribution in [0.4, 0.5) is 0 Å². The molecule has 6 aromatic carbocycles. The first-order valence-electron chi connectivity index (χ1n) is 23.9. The predicted octanol–water partition coefficient (Wildman–Crippen LogP) is 12.3. The molecule has 0 aliphatic heterocycles. The van der Waals surface area contributed by atoms with E-state index in [4.69, 9.17) is 39.6 Å². The van der Waals surface area contributed by atoms with Gasteiger partial charge in [-0.2, -0.15) is 0 Å². The summed E-state index contributed by atoms with van der Waals surface area (Å²) in [6.07, 6.45) is 2.27. The van der Waals surface area contributed by atoms with E-state index in [1.165, 1.54) is 39.2 Å². The van der Waals surface area contributed by atoms with Crippen LogP contribution in [-0.4, -0.2) is 58.6 Å². The maximum Gasteiger partial charge on any atom is 0.351 e. The number of nitrogens with zero attached hydrogens (tertiary/aromatic N) is 2. The Balaban J connectivity index is 1.14. The van der Waals surface area contributed by atoms with Crippen molar-refractivity contribution in [2.24, 2.45) is 0 Å². The van der Waals surface area contributed by atoms with Crippen LogP contribution in [0.2, 0.25) is 15.1 Å². The summed E-state index contributed by atoms with van der Waals surface area (Å²) in [6, 6.07) is 58.4. The second-order valence-electron chi connectivity index (χ2n) is 19.7. The van der Waals surface area contributed by atoms with Crippen molar-refractivity contribution in [2.45, 2.75) is 83.6 Å². The zero-order valence-corrected chi connectivity index (χ0v) is 44.9. The normalized spacial score (nSPS) is 12.8. The van der Waals surface area contributed by atoms with Crippen molar-refractivity contribution in [3.05, 3.63) is 192 Å². The zero-order valence-electron chi connectivity index (χ0n) is 41.4. The maximum absolute atomic E-state index is 13.2. The van der Waals surface area contributed by atoms with Crippen LogP contribution in [0.3, 0.4) is 0 Å². The largest absolute Gasteiger partial charge is 0.490 e. The molecule has 8 rings (SSSR count). The number of halogens is 1. The number of thiophene rings is 1. The molecule has 2 heterocycles. The van der Waals surface area contributed by atoms with Gasteiger partial charge in [0.15, 0.2) is 4.88 Å². The van der Waals surface area contributed by atoms with E-state index in [0.717, 1.165) is 21.6 Å². The molecule has 0 N–H and O–H groups in total. The number of esters is 1. The zero-order chi connectivity index (χ0) is 49.5. The minimum atomic E-state index is -2.84. The summed E-state index contributed by atoms with van der Waals surface area (Å²) in [5.41, 5.74) is 2.40. The molecule has 0 unspecified atom stereocenters. The van der Waals surface area contributed by atoms with E-state index < -0.39 is 28.7 Å². The van der Waals surface area contributed by atoms with Crippen LogP contribution in [0.15, 0.2) is 176 Å². The lowest BCUT2D eigenvalue weighted by atomic mass is 10.1. The molecule has 8 nitrogen and oxygen atoms in total. The monoisotopic (exact) mass is 1010 g/mol. The summed E-state index contributed by atoms with van der Waals surface area (Å²) in [5.74, 6) is 0.591. The number of methoxy groups -OCH3 is 1. The summed E-state index contributed by atoms with van der Waals surface area (Å²) >= 11 is 7.82. The van der Waals surface area contributed by atoms with E-state index in [-0.39, 0.29) is 16.2 Å². The van der Waals surface area contributed by atoms with Crippen molar-refractivity contribution in [2.75, 3.05) is 20.3 Å². The lowest BCUT2D eigenvalue weighted by Crippen LogP contribution is -2.67. The fraction of sp³-hybridized carbons (Fsp3) is 0.276. The number of ether oxygens (including phenoxy) is 3. The Hall–Kier alpha value is -5.80. The Kier molecular flexibility index (Phi) is 15.7. The van der Waals surface area contributed by atoms with Gasteiger partial charge in [0.1, 0.15) is 35.0 Å². The van der Waals surface area contributed by atoms with Gasteiger partial charge in [0.25, 0.3) is 16.6 Å². The highest BCUT2D eigenvalue weighted by Gasteiger charge is 2.51. The number of carbonyl (C=O) groups is 1. The average molecular weight is 1010 g/mol.